The molecular formula is C23H27N3O2. The number of amides is 1. The molecule has 1 atom stereocenters. The Hall–Kier alpha value is -2.79. The number of aryl methyl sites for hydroxylation is 2. The number of H-pyrrole nitrogens is 1. The Bertz CT molecular complexity index is 975. The van der Waals surface area contributed by atoms with Crippen LogP contribution in [-0.4, -0.2) is 30.6 Å². The number of ether oxygens (including phenoxy) is 1. The molecular weight excluding hydrogens is 350 g/mol. The molecule has 3 aromatic rings. The van der Waals surface area contributed by atoms with E-state index in [2.05, 4.69) is 22.4 Å². The molecule has 0 aliphatic heterocycles. The van der Waals surface area contributed by atoms with Crippen LogP contribution < -0.4 is 15.8 Å². The molecule has 4 N–H and O–H groups in total. The van der Waals surface area contributed by atoms with E-state index in [1.165, 1.54) is 16.8 Å². The van der Waals surface area contributed by atoms with Crippen molar-refractivity contribution in [3.8, 4) is 5.75 Å². The number of aromatic nitrogens is 1. The summed E-state index contributed by atoms with van der Waals surface area (Å²) in [5.41, 5.74) is 11.7. The standard InChI is InChI=1S/C23H27N3O2/c1-28-18-8-4-15(5-9-18)3-2-12-25-23(27)16-6-10-21-19(13-16)20-14-17(24)7-11-22(20)26-21/h4-6,8-10,13,17,26H,2-3,7,11-12,14,24H2,1H3,(H,25,27). The zero-order chi connectivity index (χ0) is 19.5. The van der Waals surface area contributed by atoms with Gasteiger partial charge in [0, 0.05) is 34.7 Å². The highest BCUT2D eigenvalue weighted by atomic mass is 16.5. The fourth-order valence-corrected chi connectivity index (χ4v) is 3.97. The molecule has 5 nitrogen and oxygen atoms in total. The first-order chi connectivity index (χ1) is 13.6. The van der Waals surface area contributed by atoms with Crippen molar-refractivity contribution >= 4 is 16.8 Å². The molecule has 1 aliphatic rings. The predicted octanol–water partition coefficient (Wildman–Crippen LogP) is 3.36. The van der Waals surface area contributed by atoms with Crippen molar-refractivity contribution in [1.82, 2.24) is 10.3 Å². The number of hydrogen-bond donors (Lipinski definition) is 3. The van der Waals surface area contributed by atoms with Crippen LogP contribution in [0.1, 0.15) is 40.0 Å². The van der Waals surface area contributed by atoms with Gasteiger partial charge in [0.15, 0.2) is 0 Å². The average molecular weight is 377 g/mol. The molecule has 0 bridgehead atoms. The van der Waals surface area contributed by atoms with Crippen LogP contribution in [0.15, 0.2) is 42.5 Å². The summed E-state index contributed by atoms with van der Waals surface area (Å²) in [5, 5.41) is 4.17. The lowest BCUT2D eigenvalue weighted by Crippen LogP contribution is -2.27. The van der Waals surface area contributed by atoms with E-state index in [1.54, 1.807) is 7.11 Å². The van der Waals surface area contributed by atoms with Gasteiger partial charge in [-0.2, -0.15) is 0 Å². The van der Waals surface area contributed by atoms with Crippen LogP contribution in [0, 0.1) is 0 Å². The number of hydrogen-bond acceptors (Lipinski definition) is 3. The van der Waals surface area contributed by atoms with E-state index in [9.17, 15) is 4.79 Å². The molecule has 0 saturated heterocycles. The fourth-order valence-electron chi connectivity index (χ4n) is 3.97. The second-order valence-electron chi connectivity index (χ2n) is 7.55. The van der Waals surface area contributed by atoms with Gasteiger partial charge in [-0.1, -0.05) is 12.1 Å². The maximum Gasteiger partial charge on any atom is 0.251 e. The van der Waals surface area contributed by atoms with Crippen LogP contribution >= 0.6 is 0 Å². The average Bonchev–Trinajstić information content (AvgIpc) is 3.08. The van der Waals surface area contributed by atoms with Gasteiger partial charge in [0.1, 0.15) is 5.75 Å². The topological polar surface area (TPSA) is 80.1 Å². The molecule has 0 radical (unpaired) electrons. The van der Waals surface area contributed by atoms with E-state index >= 15 is 0 Å². The second-order valence-corrected chi connectivity index (χ2v) is 7.55. The molecule has 0 fully saturated rings. The normalized spacial score (nSPS) is 16.0. The maximum atomic E-state index is 12.6. The van der Waals surface area contributed by atoms with Crippen LogP contribution in [0.2, 0.25) is 0 Å². The van der Waals surface area contributed by atoms with Crippen molar-refractivity contribution in [3.63, 3.8) is 0 Å². The summed E-state index contributed by atoms with van der Waals surface area (Å²) in [6.45, 7) is 0.652. The highest BCUT2D eigenvalue weighted by molar-refractivity contribution is 5.99. The third-order valence-corrected chi connectivity index (χ3v) is 5.57. The van der Waals surface area contributed by atoms with Gasteiger partial charge in [-0.3, -0.25) is 4.79 Å². The lowest BCUT2D eigenvalue weighted by molar-refractivity contribution is 0.0953. The molecule has 1 aromatic heterocycles. The molecule has 28 heavy (non-hydrogen) atoms. The molecule has 0 saturated carbocycles. The zero-order valence-electron chi connectivity index (χ0n) is 16.3. The number of fused-ring (bicyclic) bond motifs is 3. The zero-order valence-corrected chi connectivity index (χ0v) is 16.3. The minimum absolute atomic E-state index is 0.0216. The van der Waals surface area contributed by atoms with Crippen molar-refractivity contribution in [1.29, 1.82) is 0 Å². The van der Waals surface area contributed by atoms with E-state index in [-0.39, 0.29) is 11.9 Å². The number of nitrogens with one attached hydrogen (secondary N) is 2. The second kappa shape index (κ2) is 8.07. The van der Waals surface area contributed by atoms with E-state index in [0.717, 1.165) is 48.8 Å². The third-order valence-electron chi connectivity index (χ3n) is 5.57. The lowest BCUT2D eigenvalue weighted by Gasteiger charge is -2.18. The Labute approximate surface area is 165 Å². The van der Waals surface area contributed by atoms with Crippen LogP contribution in [-0.2, 0) is 19.3 Å². The minimum Gasteiger partial charge on any atom is -0.497 e. The summed E-state index contributed by atoms with van der Waals surface area (Å²) in [6.07, 6.45) is 4.70. The van der Waals surface area contributed by atoms with Gasteiger partial charge in [0.25, 0.3) is 5.91 Å². The van der Waals surface area contributed by atoms with Gasteiger partial charge < -0.3 is 20.8 Å². The van der Waals surface area contributed by atoms with Crippen molar-refractivity contribution in [2.24, 2.45) is 5.73 Å². The predicted molar refractivity (Wildman–Crippen MR) is 112 cm³/mol. The summed E-state index contributed by atoms with van der Waals surface area (Å²) in [7, 11) is 1.67. The number of nitrogens with two attached hydrogens (primary N) is 1. The third kappa shape index (κ3) is 3.90. The first-order valence-corrected chi connectivity index (χ1v) is 9.94. The Morgan fingerprint density at radius 3 is 2.86 bits per heavy atom. The molecule has 1 amide bonds. The Balaban J connectivity index is 1.36. The summed E-state index contributed by atoms with van der Waals surface area (Å²) in [5.74, 6) is 0.840. The maximum absolute atomic E-state index is 12.6. The van der Waals surface area contributed by atoms with E-state index < -0.39 is 0 Å². The number of carbonyl (C=O) groups excluding carboxylic acids is 1. The first-order valence-electron chi connectivity index (χ1n) is 9.94. The minimum atomic E-state index is -0.0216. The smallest absolute Gasteiger partial charge is 0.251 e. The summed E-state index contributed by atoms with van der Waals surface area (Å²) in [4.78, 5) is 16.1. The van der Waals surface area contributed by atoms with Crippen LogP contribution in [0.4, 0.5) is 0 Å². The molecule has 2 aromatic carbocycles. The van der Waals surface area contributed by atoms with Crippen LogP contribution in [0.25, 0.3) is 10.9 Å². The first kappa shape index (κ1) is 18.6. The summed E-state index contributed by atoms with van der Waals surface area (Å²) in [6, 6.07) is 14.2. The van der Waals surface area contributed by atoms with Crippen molar-refractivity contribution in [2.45, 2.75) is 38.1 Å². The lowest BCUT2D eigenvalue weighted by atomic mass is 9.92. The number of methoxy groups -OCH3 is 1. The largest absolute Gasteiger partial charge is 0.497 e. The van der Waals surface area contributed by atoms with Crippen molar-refractivity contribution in [2.75, 3.05) is 13.7 Å². The molecule has 146 valence electrons. The van der Waals surface area contributed by atoms with Gasteiger partial charge in [0.05, 0.1) is 7.11 Å². The fraction of sp³-hybridized carbons (Fsp3) is 0.348. The molecule has 1 unspecified atom stereocenters. The number of benzene rings is 2. The Kier molecular flexibility index (Phi) is 5.35. The molecule has 0 spiro atoms. The summed E-state index contributed by atoms with van der Waals surface area (Å²) >= 11 is 0. The Morgan fingerprint density at radius 2 is 2.07 bits per heavy atom. The highest BCUT2D eigenvalue weighted by Gasteiger charge is 2.20. The van der Waals surface area contributed by atoms with E-state index in [0.29, 0.717) is 12.1 Å². The van der Waals surface area contributed by atoms with E-state index in [1.807, 2.05) is 30.3 Å². The van der Waals surface area contributed by atoms with Crippen molar-refractivity contribution in [3.05, 3.63) is 64.8 Å². The number of aromatic amines is 1. The molecule has 4 rings (SSSR count). The van der Waals surface area contributed by atoms with Crippen LogP contribution in [0.5, 0.6) is 5.75 Å². The monoisotopic (exact) mass is 377 g/mol. The van der Waals surface area contributed by atoms with Gasteiger partial charge in [-0.25, -0.2) is 0 Å². The quantitative estimate of drug-likeness (QED) is 0.576. The van der Waals surface area contributed by atoms with Gasteiger partial charge in [-0.05, 0) is 73.6 Å². The van der Waals surface area contributed by atoms with E-state index in [4.69, 9.17) is 10.5 Å². The number of carbonyl (C=O) groups is 1. The highest BCUT2D eigenvalue weighted by Crippen LogP contribution is 2.29. The van der Waals surface area contributed by atoms with Crippen LogP contribution in [0.3, 0.4) is 0 Å². The molecule has 1 heterocycles. The number of rotatable bonds is 6. The van der Waals surface area contributed by atoms with Crippen molar-refractivity contribution < 1.29 is 9.53 Å². The molecule has 1 aliphatic carbocycles. The van der Waals surface area contributed by atoms with Gasteiger partial charge in [-0.15, -0.1) is 0 Å². The molecule has 5 heteroatoms. The Morgan fingerprint density at radius 1 is 1.25 bits per heavy atom. The van der Waals surface area contributed by atoms with Gasteiger partial charge >= 0.3 is 0 Å². The summed E-state index contributed by atoms with van der Waals surface area (Å²) < 4.78 is 5.17. The van der Waals surface area contributed by atoms with Gasteiger partial charge in [0.2, 0.25) is 0 Å². The SMILES string of the molecule is COc1ccc(CCCNC(=O)c2ccc3[nH]c4c(c3c2)CC(N)CC4)cc1.